The van der Waals surface area contributed by atoms with E-state index in [1.807, 2.05) is 24.3 Å². The van der Waals surface area contributed by atoms with E-state index in [0.717, 1.165) is 29.9 Å². The van der Waals surface area contributed by atoms with Gasteiger partial charge >= 0.3 is 5.97 Å². The maximum atomic E-state index is 12.2. The molecule has 0 atom stereocenters. The van der Waals surface area contributed by atoms with Crippen molar-refractivity contribution in [2.75, 3.05) is 12.8 Å². The Morgan fingerprint density at radius 1 is 1.38 bits per heavy atom. The van der Waals surface area contributed by atoms with Crippen LogP contribution in [0, 0.1) is 5.92 Å². The molecule has 24 heavy (non-hydrogen) atoms. The van der Waals surface area contributed by atoms with E-state index in [9.17, 15) is 9.59 Å². The number of rotatable bonds is 7. The van der Waals surface area contributed by atoms with Crippen LogP contribution in [0.15, 0.2) is 24.3 Å². The first kappa shape index (κ1) is 16.4. The van der Waals surface area contributed by atoms with Gasteiger partial charge in [-0.2, -0.15) is 4.37 Å². The van der Waals surface area contributed by atoms with Crippen LogP contribution >= 0.6 is 11.5 Å². The van der Waals surface area contributed by atoms with Gasteiger partial charge in [0, 0.05) is 12.0 Å². The number of hydrogen-bond donors (Lipinski definition) is 1. The number of aromatic nitrogens is 1. The predicted octanol–water partition coefficient (Wildman–Crippen LogP) is 3.07. The molecule has 0 unspecified atom stereocenters. The highest BCUT2D eigenvalue weighted by molar-refractivity contribution is 7.10. The zero-order valence-corrected chi connectivity index (χ0v) is 14.1. The van der Waals surface area contributed by atoms with Gasteiger partial charge in [0.25, 0.3) is 0 Å². The number of carbonyl (C=O) groups excluding carboxylic acids is 2. The van der Waals surface area contributed by atoms with Gasteiger partial charge in [-0.15, -0.1) is 0 Å². The van der Waals surface area contributed by atoms with Crippen molar-refractivity contribution in [3.05, 3.63) is 41.0 Å². The molecule has 1 aromatic carbocycles. The highest BCUT2D eigenvalue weighted by Gasteiger charge is 2.25. The van der Waals surface area contributed by atoms with Crippen LogP contribution in [-0.4, -0.2) is 23.2 Å². The van der Waals surface area contributed by atoms with Crippen molar-refractivity contribution in [2.24, 2.45) is 5.92 Å². The molecule has 0 aliphatic heterocycles. The summed E-state index contributed by atoms with van der Waals surface area (Å²) in [5.74, 6) is 0.286. The summed E-state index contributed by atoms with van der Waals surface area (Å²) < 4.78 is 14.3. The molecule has 1 saturated carbocycles. The van der Waals surface area contributed by atoms with Gasteiger partial charge in [0.05, 0.1) is 7.11 Å². The number of hydrogen-bond acceptors (Lipinski definition) is 7. The Balaban J connectivity index is 1.69. The number of nitrogens with zero attached hydrogens (tertiary/aromatic N) is 1. The molecule has 0 amide bonds. The third kappa shape index (κ3) is 3.73. The molecule has 1 fully saturated rings. The van der Waals surface area contributed by atoms with E-state index < -0.39 is 5.97 Å². The molecule has 0 saturated heterocycles. The van der Waals surface area contributed by atoms with E-state index >= 15 is 0 Å². The van der Waals surface area contributed by atoms with Gasteiger partial charge in [0.1, 0.15) is 11.6 Å². The Morgan fingerprint density at radius 2 is 2.17 bits per heavy atom. The molecule has 1 aliphatic carbocycles. The first-order valence-corrected chi connectivity index (χ1v) is 8.44. The quantitative estimate of drug-likeness (QED) is 0.612. The average molecular weight is 346 g/mol. The summed E-state index contributed by atoms with van der Waals surface area (Å²) in [5.41, 5.74) is 7.40. The summed E-state index contributed by atoms with van der Waals surface area (Å²) in [6, 6.07) is 7.32. The van der Waals surface area contributed by atoms with Crippen molar-refractivity contribution in [1.29, 1.82) is 0 Å². The molecule has 2 aromatic rings. The second kappa shape index (κ2) is 7.00. The lowest BCUT2D eigenvalue weighted by atomic mass is 10.0. The third-order valence-electron chi connectivity index (χ3n) is 3.87. The van der Waals surface area contributed by atoms with Crippen LogP contribution < -0.4 is 10.5 Å². The molecule has 126 valence electrons. The van der Waals surface area contributed by atoms with E-state index in [-0.39, 0.29) is 28.8 Å². The largest absolute Gasteiger partial charge is 0.472 e. The van der Waals surface area contributed by atoms with Crippen molar-refractivity contribution in [3.8, 4) is 5.88 Å². The van der Waals surface area contributed by atoms with E-state index in [4.69, 9.17) is 10.5 Å². The Hall–Kier alpha value is -2.41. The fourth-order valence-corrected chi connectivity index (χ4v) is 2.95. The van der Waals surface area contributed by atoms with Crippen LogP contribution in [0.1, 0.15) is 45.5 Å². The van der Waals surface area contributed by atoms with Gasteiger partial charge in [-0.3, -0.25) is 4.79 Å². The summed E-state index contributed by atoms with van der Waals surface area (Å²) in [6.07, 6.45) is 2.91. The monoisotopic (exact) mass is 346 g/mol. The zero-order valence-electron chi connectivity index (χ0n) is 13.3. The average Bonchev–Trinajstić information content (AvgIpc) is 3.33. The standard InChI is InChI=1S/C17H18N2O4S/c1-22-17(21)14-15(18)24-19-16(14)23-9-11-3-2-4-12(7-11)13(20)8-10-5-6-10/h2-4,7,10H,5-6,8-9,18H2,1H3. The van der Waals surface area contributed by atoms with E-state index in [1.165, 1.54) is 7.11 Å². The SMILES string of the molecule is COC(=O)c1c(OCc2cccc(C(=O)CC3CC3)c2)nsc1N. The van der Waals surface area contributed by atoms with Crippen LogP contribution in [0.4, 0.5) is 5.00 Å². The highest BCUT2D eigenvalue weighted by atomic mass is 32.1. The zero-order chi connectivity index (χ0) is 17.1. The van der Waals surface area contributed by atoms with E-state index in [0.29, 0.717) is 17.9 Å². The molecule has 2 N–H and O–H groups in total. The lowest BCUT2D eigenvalue weighted by Crippen LogP contribution is -2.07. The second-order valence-corrected chi connectivity index (χ2v) is 6.58. The number of nitrogens with two attached hydrogens (primary N) is 1. The summed E-state index contributed by atoms with van der Waals surface area (Å²) >= 11 is 0.980. The van der Waals surface area contributed by atoms with Crippen LogP contribution in [0.25, 0.3) is 0 Å². The molecule has 0 radical (unpaired) electrons. The molecular formula is C17H18N2O4S. The number of nitrogen functional groups attached to an aromatic ring is 1. The Bertz CT molecular complexity index is 768. The Kier molecular flexibility index (Phi) is 4.80. The molecule has 1 heterocycles. The number of benzene rings is 1. The van der Waals surface area contributed by atoms with Crippen molar-refractivity contribution in [2.45, 2.75) is 25.9 Å². The number of Topliss-reactive ketones (excluding diaryl/α,β-unsaturated/α-hetero) is 1. The summed E-state index contributed by atoms with van der Waals surface area (Å²) in [7, 11) is 1.28. The lowest BCUT2D eigenvalue weighted by molar-refractivity contribution is 0.0596. The van der Waals surface area contributed by atoms with E-state index in [1.54, 1.807) is 0 Å². The number of methoxy groups -OCH3 is 1. The topological polar surface area (TPSA) is 91.5 Å². The minimum Gasteiger partial charge on any atom is -0.472 e. The molecule has 1 aliphatic rings. The minimum absolute atomic E-state index is 0.142. The number of ketones is 1. The number of carbonyl (C=O) groups is 2. The van der Waals surface area contributed by atoms with Gasteiger partial charge in [-0.1, -0.05) is 18.2 Å². The lowest BCUT2D eigenvalue weighted by Gasteiger charge is -2.07. The van der Waals surface area contributed by atoms with Crippen molar-refractivity contribution < 1.29 is 19.1 Å². The first-order valence-electron chi connectivity index (χ1n) is 7.67. The van der Waals surface area contributed by atoms with Gasteiger partial charge in [0.2, 0.25) is 5.88 Å². The molecule has 7 heteroatoms. The normalized spacial score (nSPS) is 13.5. The molecule has 3 rings (SSSR count). The maximum absolute atomic E-state index is 12.2. The molecule has 6 nitrogen and oxygen atoms in total. The summed E-state index contributed by atoms with van der Waals surface area (Å²) in [6.45, 7) is 0.192. The Labute approximate surface area is 143 Å². The summed E-state index contributed by atoms with van der Waals surface area (Å²) in [4.78, 5) is 23.9. The smallest absolute Gasteiger partial charge is 0.346 e. The number of anilines is 1. The molecular weight excluding hydrogens is 328 g/mol. The van der Waals surface area contributed by atoms with Gasteiger partial charge in [0.15, 0.2) is 11.3 Å². The predicted molar refractivity (Wildman–Crippen MR) is 90.3 cm³/mol. The van der Waals surface area contributed by atoms with Crippen molar-refractivity contribution >= 4 is 28.3 Å². The number of ether oxygens (including phenoxy) is 2. The fourth-order valence-electron chi connectivity index (χ4n) is 2.36. The van der Waals surface area contributed by atoms with Crippen molar-refractivity contribution in [3.63, 3.8) is 0 Å². The molecule has 1 aromatic heterocycles. The molecule has 0 bridgehead atoms. The summed E-state index contributed by atoms with van der Waals surface area (Å²) in [5, 5.41) is 0.255. The second-order valence-electron chi connectivity index (χ2n) is 5.78. The minimum atomic E-state index is -0.579. The maximum Gasteiger partial charge on any atom is 0.346 e. The van der Waals surface area contributed by atoms with Crippen LogP contribution in [-0.2, 0) is 11.3 Å². The number of esters is 1. The fraction of sp³-hybridized carbons (Fsp3) is 0.353. The van der Waals surface area contributed by atoms with Crippen molar-refractivity contribution in [1.82, 2.24) is 4.37 Å². The third-order valence-corrected chi connectivity index (χ3v) is 4.53. The van der Waals surface area contributed by atoms with E-state index in [2.05, 4.69) is 9.11 Å². The van der Waals surface area contributed by atoms with Crippen LogP contribution in [0.2, 0.25) is 0 Å². The first-order chi connectivity index (χ1) is 11.6. The Morgan fingerprint density at radius 3 is 2.88 bits per heavy atom. The molecule has 0 spiro atoms. The van der Waals surface area contributed by atoms with Gasteiger partial charge in [-0.25, -0.2) is 4.79 Å². The highest BCUT2D eigenvalue weighted by Crippen LogP contribution is 2.33. The van der Waals surface area contributed by atoms with Gasteiger partial charge < -0.3 is 15.2 Å². The van der Waals surface area contributed by atoms with Gasteiger partial charge in [-0.05, 0) is 41.9 Å². The van der Waals surface area contributed by atoms with Crippen LogP contribution in [0.3, 0.4) is 0 Å². The van der Waals surface area contributed by atoms with Crippen LogP contribution in [0.5, 0.6) is 5.88 Å².